The maximum atomic E-state index is 12.0. The van der Waals surface area contributed by atoms with E-state index in [-0.39, 0.29) is 23.5 Å². The summed E-state index contributed by atoms with van der Waals surface area (Å²) in [6.07, 6.45) is 0.672. The second kappa shape index (κ2) is 3.23. The van der Waals surface area contributed by atoms with E-state index >= 15 is 0 Å². The standard InChI is InChI=1S/C12H11NO4/c14-7-3-1-2-6(4-7)13-10(12(16)17)8-5-9(8)11(13)15/h1-4,8-10,14H,5H2,(H,16,17). The molecule has 1 saturated carbocycles. The van der Waals surface area contributed by atoms with Gasteiger partial charge < -0.3 is 10.2 Å². The van der Waals surface area contributed by atoms with E-state index in [1.54, 1.807) is 12.1 Å². The molecule has 3 rings (SSSR count). The predicted octanol–water partition coefficient (Wildman–Crippen LogP) is 0.828. The fourth-order valence-electron chi connectivity index (χ4n) is 2.58. The van der Waals surface area contributed by atoms with Crippen molar-refractivity contribution in [3.8, 4) is 5.75 Å². The number of aliphatic carboxylic acids is 1. The Labute approximate surface area is 97.3 Å². The molecule has 0 radical (unpaired) electrons. The molecule has 1 aromatic carbocycles. The highest BCUT2D eigenvalue weighted by atomic mass is 16.4. The second-order valence-electron chi connectivity index (χ2n) is 4.52. The molecule has 1 aliphatic carbocycles. The van der Waals surface area contributed by atoms with E-state index in [2.05, 4.69) is 0 Å². The number of anilines is 1. The maximum absolute atomic E-state index is 12.0. The van der Waals surface area contributed by atoms with Gasteiger partial charge in [-0.3, -0.25) is 9.69 Å². The molecule has 5 heteroatoms. The number of piperidine rings is 1. The molecule has 0 aromatic heterocycles. The summed E-state index contributed by atoms with van der Waals surface area (Å²) in [5, 5.41) is 18.5. The van der Waals surface area contributed by atoms with Crippen LogP contribution >= 0.6 is 0 Å². The minimum absolute atomic E-state index is 0.0278. The summed E-state index contributed by atoms with van der Waals surface area (Å²) in [4.78, 5) is 24.4. The molecular formula is C12H11NO4. The van der Waals surface area contributed by atoms with E-state index < -0.39 is 12.0 Å². The fourth-order valence-corrected chi connectivity index (χ4v) is 2.58. The van der Waals surface area contributed by atoms with Gasteiger partial charge in [0.25, 0.3) is 0 Å². The summed E-state index contributed by atoms with van der Waals surface area (Å²) in [5.74, 6) is -1.31. The van der Waals surface area contributed by atoms with E-state index in [1.807, 2.05) is 0 Å². The number of rotatable bonds is 2. The van der Waals surface area contributed by atoms with Crippen LogP contribution in [0.5, 0.6) is 5.75 Å². The topological polar surface area (TPSA) is 77.8 Å². The normalized spacial score (nSPS) is 30.2. The van der Waals surface area contributed by atoms with Crippen LogP contribution in [0, 0.1) is 11.8 Å². The van der Waals surface area contributed by atoms with E-state index in [9.17, 15) is 19.8 Å². The molecule has 5 nitrogen and oxygen atoms in total. The monoisotopic (exact) mass is 233 g/mol. The summed E-state index contributed by atoms with van der Waals surface area (Å²) in [5.41, 5.74) is 0.453. The number of carbonyl (C=O) groups is 2. The van der Waals surface area contributed by atoms with Gasteiger partial charge in [0.05, 0.1) is 0 Å². The van der Waals surface area contributed by atoms with Gasteiger partial charge in [-0.15, -0.1) is 0 Å². The first kappa shape index (κ1) is 10.1. The fraction of sp³-hybridized carbons (Fsp3) is 0.333. The third-order valence-electron chi connectivity index (χ3n) is 3.44. The van der Waals surface area contributed by atoms with Crippen LogP contribution in [0.15, 0.2) is 24.3 Å². The van der Waals surface area contributed by atoms with E-state index in [1.165, 1.54) is 17.0 Å². The molecule has 1 aliphatic heterocycles. The Hall–Kier alpha value is -2.04. The first-order valence-electron chi connectivity index (χ1n) is 5.44. The molecule has 0 spiro atoms. The highest BCUT2D eigenvalue weighted by Crippen LogP contribution is 2.51. The summed E-state index contributed by atoms with van der Waals surface area (Å²) >= 11 is 0. The number of hydrogen-bond acceptors (Lipinski definition) is 3. The lowest BCUT2D eigenvalue weighted by Crippen LogP contribution is -2.42. The molecule has 0 bridgehead atoms. The summed E-state index contributed by atoms with van der Waals surface area (Å²) in [7, 11) is 0. The highest BCUT2D eigenvalue weighted by Gasteiger charge is 2.61. The Morgan fingerprint density at radius 3 is 2.82 bits per heavy atom. The van der Waals surface area contributed by atoms with Crippen LogP contribution < -0.4 is 4.90 Å². The molecule has 2 fully saturated rings. The maximum Gasteiger partial charge on any atom is 0.327 e. The second-order valence-corrected chi connectivity index (χ2v) is 4.52. The first-order valence-corrected chi connectivity index (χ1v) is 5.44. The van der Waals surface area contributed by atoms with Gasteiger partial charge in [-0.05, 0) is 18.6 Å². The number of aromatic hydroxyl groups is 1. The number of benzene rings is 1. The Morgan fingerprint density at radius 1 is 1.41 bits per heavy atom. The lowest BCUT2D eigenvalue weighted by molar-refractivity contribution is -0.139. The van der Waals surface area contributed by atoms with E-state index in [4.69, 9.17) is 0 Å². The van der Waals surface area contributed by atoms with Crippen LogP contribution in [-0.4, -0.2) is 28.1 Å². The number of carboxylic acid groups (broad SMARTS) is 1. The molecule has 17 heavy (non-hydrogen) atoms. The third kappa shape index (κ3) is 1.39. The molecule has 88 valence electrons. The number of hydrogen-bond donors (Lipinski definition) is 2. The zero-order chi connectivity index (χ0) is 12.2. The molecule has 2 N–H and O–H groups in total. The highest BCUT2D eigenvalue weighted by molar-refractivity contribution is 6.06. The van der Waals surface area contributed by atoms with Crippen molar-refractivity contribution in [3.05, 3.63) is 24.3 Å². The summed E-state index contributed by atoms with van der Waals surface area (Å²) < 4.78 is 0. The van der Waals surface area contributed by atoms with Gasteiger partial charge in [0, 0.05) is 23.6 Å². The molecule has 1 heterocycles. The number of amides is 1. The van der Waals surface area contributed by atoms with Gasteiger partial charge >= 0.3 is 5.97 Å². The zero-order valence-corrected chi connectivity index (χ0v) is 8.91. The average Bonchev–Trinajstić information content (AvgIpc) is 2.99. The van der Waals surface area contributed by atoms with Crippen LogP contribution in [0.1, 0.15) is 6.42 Å². The molecule has 3 atom stereocenters. The number of fused-ring (bicyclic) bond motifs is 1. The largest absolute Gasteiger partial charge is 0.508 e. The SMILES string of the molecule is O=C(O)C1C2CC2C(=O)N1c1cccc(O)c1. The third-order valence-corrected chi connectivity index (χ3v) is 3.44. The van der Waals surface area contributed by atoms with Crippen molar-refractivity contribution in [1.82, 2.24) is 0 Å². The molecular weight excluding hydrogens is 222 g/mol. The Kier molecular flexibility index (Phi) is 1.92. The van der Waals surface area contributed by atoms with Crippen molar-refractivity contribution in [1.29, 1.82) is 0 Å². The van der Waals surface area contributed by atoms with Crippen LogP contribution in [0.25, 0.3) is 0 Å². The van der Waals surface area contributed by atoms with E-state index in [0.717, 1.165) is 0 Å². The van der Waals surface area contributed by atoms with Crippen LogP contribution in [0.2, 0.25) is 0 Å². The Balaban J connectivity index is 2.01. The van der Waals surface area contributed by atoms with Gasteiger partial charge in [-0.1, -0.05) is 6.07 Å². The number of carbonyl (C=O) groups excluding carboxylic acids is 1. The smallest absolute Gasteiger partial charge is 0.327 e. The number of phenolic OH excluding ortho intramolecular Hbond substituents is 1. The minimum Gasteiger partial charge on any atom is -0.508 e. The van der Waals surface area contributed by atoms with Gasteiger partial charge in [0.2, 0.25) is 5.91 Å². The van der Waals surface area contributed by atoms with Gasteiger partial charge in [-0.25, -0.2) is 4.79 Å². The first-order chi connectivity index (χ1) is 8.09. The van der Waals surface area contributed by atoms with Crippen molar-refractivity contribution >= 4 is 17.6 Å². The molecule has 2 aliphatic rings. The molecule has 1 aromatic rings. The van der Waals surface area contributed by atoms with Crippen molar-refractivity contribution in [2.75, 3.05) is 4.90 Å². The molecule has 1 amide bonds. The van der Waals surface area contributed by atoms with Gasteiger partial charge in [0.15, 0.2) is 0 Å². The number of nitrogens with zero attached hydrogens (tertiary/aromatic N) is 1. The number of carboxylic acids is 1. The minimum atomic E-state index is -0.980. The van der Waals surface area contributed by atoms with Gasteiger partial charge in [0.1, 0.15) is 11.8 Å². The van der Waals surface area contributed by atoms with Crippen molar-refractivity contribution in [2.24, 2.45) is 11.8 Å². The van der Waals surface area contributed by atoms with Crippen molar-refractivity contribution in [2.45, 2.75) is 12.5 Å². The molecule has 3 unspecified atom stereocenters. The Morgan fingerprint density at radius 2 is 2.18 bits per heavy atom. The lowest BCUT2D eigenvalue weighted by atomic mass is 10.1. The van der Waals surface area contributed by atoms with Crippen molar-refractivity contribution in [3.63, 3.8) is 0 Å². The van der Waals surface area contributed by atoms with E-state index in [0.29, 0.717) is 12.1 Å². The van der Waals surface area contributed by atoms with Crippen LogP contribution in [-0.2, 0) is 9.59 Å². The predicted molar refractivity (Wildman–Crippen MR) is 58.6 cm³/mol. The van der Waals surface area contributed by atoms with Crippen LogP contribution in [0.4, 0.5) is 5.69 Å². The Bertz CT molecular complexity index is 513. The quantitative estimate of drug-likeness (QED) is 0.793. The summed E-state index contributed by atoms with van der Waals surface area (Å²) in [6.45, 7) is 0. The number of phenols is 1. The summed E-state index contributed by atoms with van der Waals surface area (Å²) in [6, 6.07) is 5.35. The molecule has 1 saturated heterocycles. The average molecular weight is 233 g/mol. The van der Waals surface area contributed by atoms with Crippen molar-refractivity contribution < 1.29 is 19.8 Å². The zero-order valence-electron chi connectivity index (χ0n) is 8.91. The van der Waals surface area contributed by atoms with Crippen LogP contribution in [0.3, 0.4) is 0 Å². The lowest BCUT2D eigenvalue weighted by Gasteiger charge is -2.24. The van der Waals surface area contributed by atoms with Gasteiger partial charge in [-0.2, -0.15) is 0 Å².